The van der Waals surface area contributed by atoms with Gasteiger partial charge < -0.3 is 5.32 Å². The minimum Gasteiger partial charge on any atom is -0.310 e. The molecule has 2 rings (SSSR count). The van der Waals surface area contributed by atoms with Crippen molar-refractivity contribution in [2.45, 2.75) is 77.0 Å². The molecule has 88 valence electrons. The molecular weight excluding hydrogens is 184 g/mol. The molecule has 0 bridgehead atoms. The number of rotatable bonds is 2. The highest BCUT2D eigenvalue weighted by Crippen LogP contribution is 2.33. The molecule has 1 N–H and O–H groups in total. The van der Waals surface area contributed by atoms with Crippen LogP contribution in [0.1, 0.15) is 53.4 Å². The Balaban J connectivity index is 2.03. The lowest BCUT2D eigenvalue weighted by Gasteiger charge is -2.34. The van der Waals surface area contributed by atoms with Gasteiger partial charge in [-0.15, -0.1) is 0 Å². The number of hydrogen-bond acceptors (Lipinski definition) is 2. The van der Waals surface area contributed by atoms with Crippen molar-refractivity contribution in [2.24, 2.45) is 0 Å². The SMILES string of the molecule is CCC1CCC(C)N1C1CNC(C)(C)C1. The quantitative estimate of drug-likeness (QED) is 0.753. The van der Waals surface area contributed by atoms with Gasteiger partial charge in [0.15, 0.2) is 0 Å². The van der Waals surface area contributed by atoms with E-state index in [2.05, 4.69) is 37.9 Å². The van der Waals surface area contributed by atoms with Gasteiger partial charge in [-0.3, -0.25) is 4.90 Å². The van der Waals surface area contributed by atoms with E-state index in [4.69, 9.17) is 0 Å². The van der Waals surface area contributed by atoms with Crippen LogP contribution in [-0.4, -0.2) is 35.1 Å². The molecule has 0 radical (unpaired) electrons. The lowest BCUT2D eigenvalue weighted by Crippen LogP contribution is -2.44. The Hall–Kier alpha value is -0.0800. The highest BCUT2D eigenvalue weighted by atomic mass is 15.3. The van der Waals surface area contributed by atoms with Crippen molar-refractivity contribution in [1.29, 1.82) is 0 Å². The Morgan fingerprint density at radius 1 is 1.33 bits per heavy atom. The second kappa shape index (κ2) is 4.06. The first kappa shape index (κ1) is 11.4. The second-order valence-electron chi connectivity index (χ2n) is 6.06. The van der Waals surface area contributed by atoms with Crippen molar-refractivity contribution < 1.29 is 0 Å². The van der Waals surface area contributed by atoms with Crippen LogP contribution < -0.4 is 5.32 Å². The first-order valence-corrected chi connectivity index (χ1v) is 6.56. The van der Waals surface area contributed by atoms with Gasteiger partial charge in [0.1, 0.15) is 0 Å². The number of hydrogen-bond donors (Lipinski definition) is 1. The van der Waals surface area contributed by atoms with E-state index in [0.29, 0.717) is 5.54 Å². The van der Waals surface area contributed by atoms with Gasteiger partial charge in [0, 0.05) is 30.2 Å². The molecule has 3 unspecified atom stereocenters. The lowest BCUT2D eigenvalue weighted by atomic mass is 9.99. The predicted molar refractivity (Wildman–Crippen MR) is 65.1 cm³/mol. The molecule has 2 aliphatic heterocycles. The van der Waals surface area contributed by atoms with Crippen LogP contribution in [0, 0.1) is 0 Å². The van der Waals surface area contributed by atoms with Crippen molar-refractivity contribution in [3.8, 4) is 0 Å². The fourth-order valence-electron chi connectivity index (χ4n) is 3.50. The van der Waals surface area contributed by atoms with Crippen LogP contribution in [0.3, 0.4) is 0 Å². The summed E-state index contributed by atoms with van der Waals surface area (Å²) >= 11 is 0. The van der Waals surface area contributed by atoms with Crippen molar-refractivity contribution in [2.75, 3.05) is 6.54 Å². The van der Waals surface area contributed by atoms with Gasteiger partial charge >= 0.3 is 0 Å². The monoisotopic (exact) mass is 210 g/mol. The van der Waals surface area contributed by atoms with E-state index in [9.17, 15) is 0 Å². The van der Waals surface area contributed by atoms with E-state index in [1.54, 1.807) is 0 Å². The largest absolute Gasteiger partial charge is 0.310 e. The summed E-state index contributed by atoms with van der Waals surface area (Å²) in [5.74, 6) is 0. The highest BCUT2D eigenvalue weighted by molar-refractivity contribution is 4.99. The molecule has 2 aliphatic rings. The molecule has 2 saturated heterocycles. The van der Waals surface area contributed by atoms with Gasteiger partial charge in [-0.1, -0.05) is 6.92 Å². The molecule has 2 heterocycles. The molecular formula is C13H26N2. The first-order valence-electron chi connectivity index (χ1n) is 6.56. The summed E-state index contributed by atoms with van der Waals surface area (Å²) in [7, 11) is 0. The molecule has 3 atom stereocenters. The summed E-state index contributed by atoms with van der Waals surface area (Å²) in [6.45, 7) is 10.6. The second-order valence-corrected chi connectivity index (χ2v) is 6.06. The number of likely N-dealkylation sites (tertiary alicyclic amines) is 1. The van der Waals surface area contributed by atoms with E-state index in [1.165, 1.54) is 32.2 Å². The topological polar surface area (TPSA) is 15.3 Å². The molecule has 0 spiro atoms. The Bertz CT molecular complexity index is 225. The zero-order valence-electron chi connectivity index (χ0n) is 10.7. The van der Waals surface area contributed by atoms with E-state index in [0.717, 1.165) is 18.1 Å². The molecule has 0 aromatic rings. The van der Waals surface area contributed by atoms with Crippen LogP contribution >= 0.6 is 0 Å². The van der Waals surface area contributed by atoms with Crippen molar-refractivity contribution >= 4 is 0 Å². The summed E-state index contributed by atoms with van der Waals surface area (Å²) < 4.78 is 0. The first-order chi connectivity index (χ1) is 7.03. The highest BCUT2D eigenvalue weighted by Gasteiger charge is 2.40. The number of nitrogens with zero attached hydrogens (tertiary/aromatic N) is 1. The Morgan fingerprint density at radius 3 is 2.60 bits per heavy atom. The van der Waals surface area contributed by atoms with Crippen LogP contribution in [0.25, 0.3) is 0 Å². The van der Waals surface area contributed by atoms with Crippen molar-refractivity contribution in [3.63, 3.8) is 0 Å². The molecule has 0 aliphatic carbocycles. The Labute approximate surface area is 94.4 Å². The zero-order chi connectivity index (χ0) is 11.1. The summed E-state index contributed by atoms with van der Waals surface area (Å²) in [5.41, 5.74) is 0.352. The molecule has 2 fully saturated rings. The summed E-state index contributed by atoms with van der Waals surface area (Å²) in [6.07, 6.45) is 5.44. The van der Waals surface area contributed by atoms with Crippen LogP contribution in [0.2, 0.25) is 0 Å². The van der Waals surface area contributed by atoms with E-state index >= 15 is 0 Å². The summed E-state index contributed by atoms with van der Waals surface area (Å²) in [5, 5.41) is 3.65. The molecule has 0 amide bonds. The van der Waals surface area contributed by atoms with Crippen molar-refractivity contribution in [1.82, 2.24) is 10.2 Å². The normalized spacial score (nSPS) is 41.2. The minimum absolute atomic E-state index is 0.352. The summed E-state index contributed by atoms with van der Waals surface area (Å²) in [4.78, 5) is 2.79. The summed E-state index contributed by atoms with van der Waals surface area (Å²) in [6, 6.07) is 2.43. The average Bonchev–Trinajstić information content (AvgIpc) is 2.69. The molecule has 2 heteroatoms. The number of nitrogens with one attached hydrogen (secondary N) is 1. The van der Waals surface area contributed by atoms with Crippen LogP contribution in [0.4, 0.5) is 0 Å². The van der Waals surface area contributed by atoms with Crippen molar-refractivity contribution in [3.05, 3.63) is 0 Å². The third-order valence-electron chi connectivity index (χ3n) is 4.30. The zero-order valence-corrected chi connectivity index (χ0v) is 10.7. The Morgan fingerprint density at radius 2 is 2.07 bits per heavy atom. The van der Waals surface area contributed by atoms with Gasteiger partial charge in [-0.2, -0.15) is 0 Å². The van der Waals surface area contributed by atoms with Crippen LogP contribution in [-0.2, 0) is 0 Å². The minimum atomic E-state index is 0.352. The lowest BCUT2D eigenvalue weighted by molar-refractivity contribution is 0.139. The standard InChI is InChI=1S/C13H26N2/c1-5-11-7-6-10(2)15(11)12-8-13(3,4)14-9-12/h10-12,14H,5-9H2,1-4H3. The third-order valence-corrected chi connectivity index (χ3v) is 4.30. The van der Waals surface area contributed by atoms with Gasteiger partial charge in [-0.05, 0) is 46.5 Å². The molecule has 2 nitrogen and oxygen atoms in total. The maximum Gasteiger partial charge on any atom is 0.0243 e. The smallest absolute Gasteiger partial charge is 0.0243 e. The molecule has 0 aromatic carbocycles. The average molecular weight is 210 g/mol. The van der Waals surface area contributed by atoms with Gasteiger partial charge in [0.05, 0.1) is 0 Å². The maximum absolute atomic E-state index is 3.65. The van der Waals surface area contributed by atoms with E-state index in [-0.39, 0.29) is 0 Å². The fraction of sp³-hybridized carbons (Fsp3) is 1.00. The van der Waals surface area contributed by atoms with Crippen LogP contribution in [0.15, 0.2) is 0 Å². The van der Waals surface area contributed by atoms with Gasteiger partial charge in [0.2, 0.25) is 0 Å². The van der Waals surface area contributed by atoms with Gasteiger partial charge in [0.25, 0.3) is 0 Å². The molecule has 0 aromatic heterocycles. The van der Waals surface area contributed by atoms with E-state index < -0.39 is 0 Å². The van der Waals surface area contributed by atoms with Gasteiger partial charge in [-0.25, -0.2) is 0 Å². The molecule has 15 heavy (non-hydrogen) atoms. The maximum atomic E-state index is 3.65. The molecule has 0 saturated carbocycles. The third kappa shape index (κ3) is 2.21. The Kier molecular flexibility index (Phi) is 3.09. The predicted octanol–water partition coefficient (Wildman–Crippen LogP) is 2.39. The van der Waals surface area contributed by atoms with Crippen LogP contribution in [0.5, 0.6) is 0 Å². The van der Waals surface area contributed by atoms with E-state index in [1.807, 2.05) is 0 Å². The fourth-order valence-corrected chi connectivity index (χ4v) is 3.50.